The normalized spacial score (nSPS) is 21.2. The molecule has 0 amide bonds. The highest BCUT2D eigenvalue weighted by atomic mass is 15.2. The Hall–Kier alpha value is -3.06. The van der Waals surface area contributed by atoms with Crippen LogP contribution < -0.4 is 0 Å². The second kappa shape index (κ2) is 10.5. The maximum absolute atomic E-state index is 5.51. The van der Waals surface area contributed by atoms with Crippen LogP contribution in [0.1, 0.15) is 81.6 Å². The number of nitrogens with one attached hydrogen (secondary N) is 1. The van der Waals surface area contributed by atoms with Gasteiger partial charge in [0.2, 0.25) is 0 Å². The number of allylic oxidation sites excluding steroid dienone is 3. The van der Waals surface area contributed by atoms with E-state index in [0.717, 1.165) is 61.7 Å². The van der Waals surface area contributed by atoms with Crippen molar-refractivity contribution >= 4 is 0 Å². The zero-order valence-electron chi connectivity index (χ0n) is 21.1. The Bertz CT molecular complexity index is 1100. The molecule has 0 bridgehead atoms. The van der Waals surface area contributed by atoms with Crippen molar-refractivity contribution < 1.29 is 0 Å². The fourth-order valence-electron chi connectivity index (χ4n) is 5.39. The van der Waals surface area contributed by atoms with Gasteiger partial charge in [-0.1, -0.05) is 57.6 Å². The highest BCUT2D eigenvalue weighted by Gasteiger charge is 2.32. The lowest BCUT2D eigenvalue weighted by Crippen LogP contribution is -2.33. The largest absolute Gasteiger partial charge is 0.371 e. The Balaban J connectivity index is 1.50. The van der Waals surface area contributed by atoms with Crippen LogP contribution in [0.3, 0.4) is 0 Å². The summed E-state index contributed by atoms with van der Waals surface area (Å²) < 4.78 is 0. The second-order valence-electron chi connectivity index (χ2n) is 10.1. The molecule has 0 radical (unpaired) electrons. The first-order chi connectivity index (χ1) is 16.4. The lowest BCUT2D eigenvalue weighted by Gasteiger charge is -2.38. The number of nitrogens with zero attached hydrogens (tertiary/aromatic N) is 3. The van der Waals surface area contributed by atoms with Crippen molar-refractivity contribution in [3.05, 3.63) is 82.6 Å². The Morgan fingerprint density at radius 3 is 2.53 bits per heavy atom. The number of likely N-dealkylation sites (tertiary alicyclic amines) is 1. The number of hydrogen-bond donors (Lipinski definition) is 1. The predicted molar refractivity (Wildman–Crippen MR) is 140 cm³/mol. The minimum Gasteiger partial charge on any atom is -0.371 e. The lowest BCUT2D eigenvalue weighted by molar-refractivity contribution is 0.267. The first kappa shape index (κ1) is 24.1. The number of aromatic nitrogens is 3. The van der Waals surface area contributed by atoms with E-state index < -0.39 is 0 Å². The van der Waals surface area contributed by atoms with Crippen LogP contribution in [0.25, 0.3) is 0 Å². The number of hydrogen-bond acceptors (Lipinski definition) is 3. The molecule has 4 heteroatoms. The van der Waals surface area contributed by atoms with E-state index in [1.807, 2.05) is 0 Å². The molecule has 2 unspecified atom stereocenters. The van der Waals surface area contributed by atoms with Crippen molar-refractivity contribution in [2.75, 3.05) is 13.1 Å². The van der Waals surface area contributed by atoms with Gasteiger partial charge in [-0.3, -0.25) is 5.10 Å². The number of aromatic amines is 1. The number of terminal acetylenes is 1. The van der Waals surface area contributed by atoms with E-state index in [1.54, 1.807) is 0 Å². The van der Waals surface area contributed by atoms with Gasteiger partial charge in [0.1, 0.15) is 5.82 Å². The van der Waals surface area contributed by atoms with E-state index in [-0.39, 0.29) is 5.92 Å². The van der Waals surface area contributed by atoms with E-state index in [0.29, 0.717) is 17.8 Å². The van der Waals surface area contributed by atoms with Crippen LogP contribution in [-0.2, 0) is 6.42 Å². The van der Waals surface area contributed by atoms with Crippen LogP contribution in [0.4, 0.5) is 0 Å². The molecular formula is C30H38N4. The predicted octanol–water partition coefficient (Wildman–Crippen LogP) is 6.37. The van der Waals surface area contributed by atoms with Crippen LogP contribution in [-0.4, -0.2) is 33.2 Å². The van der Waals surface area contributed by atoms with E-state index in [9.17, 15) is 0 Å². The molecule has 2 aliphatic rings. The highest BCUT2D eigenvalue weighted by molar-refractivity contribution is 5.49. The summed E-state index contributed by atoms with van der Waals surface area (Å²) >= 11 is 0. The van der Waals surface area contributed by atoms with Crippen LogP contribution >= 0.6 is 0 Å². The minimum atomic E-state index is 0.171. The van der Waals surface area contributed by atoms with Crippen molar-refractivity contribution in [3.63, 3.8) is 0 Å². The zero-order valence-corrected chi connectivity index (χ0v) is 21.1. The third kappa shape index (κ3) is 5.04. The molecule has 1 aliphatic carbocycles. The van der Waals surface area contributed by atoms with Crippen LogP contribution in [0.15, 0.2) is 59.8 Å². The maximum atomic E-state index is 5.51. The molecule has 2 atom stereocenters. The number of rotatable bonds is 7. The molecule has 0 spiro atoms. The number of aryl methyl sites for hydroxylation is 1. The Morgan fingerprint density at radius 2 is 1.91 bits per heavy atom. The first-order valence-electron chi connectivity index (χ1n) is 12.7. The third-order valence-corrected chi connectivity index (χ3v) is 7.47. The molecule has 34 heavy (non-hydrogen) atoms. The second-order valence-corrected chi connectivity index (χ2v) is 10.1. The van der Waals surface area contributed by atoms with Crippen molar-refractivity contribution in [2.24, 2.45) is 11.8 Å². The van der Waals surface area contributed by atoms with Gasteiger partial charge in [0, 0.05) is 36.7 Å². The van der Waals surface area contributed by atoms with E-state index in [2.05, 4.69) is 91.7 Å². The van der Waals surface area contributed by atoms with Crippen LogP contribution in [0.5, 0.6) is 0 Å². The Labute approximate surface area is 205 Å². The smallest absolute Gasteiger partial charge is 0.158 e. The minimum absolute atomic E-state index is 0.171. The van der Waals surface area contributed by atoms with Gasteiger partial charge >= 0.3 is 0 Å². The van der Waals surface area contributed by atoms with Gasteiger partial charge in [0.05, 0.1) is 0 Å². The summed E-state index contributed by atoms with van der Waals surface area (Å²) in [5.74, 6) is 6.25. The molecule has 1 fully saturated rings. The fourth-order valence-corrected chi connectivity index (χ4v) is 5.39. The number of benzene rings is 1. The molecule has 4 nitrogen and oxygen atoms in total. The molecule has 1 aromatic heterocycles. The lowest BCUT2D eigenvalue weighted by atomic mass is 9.75. The maximum Gasteiger partial charge on any atom is 0.158 e. The first-order valence-corrected chi connectivity index (χ1v) is 12.7. The molecule has 2 heterocycles. The van der Waals surface area contributed by atoms with Gasteiger partial charge in [0.25, 0.3) is 0 Å². The molecule has 1 aromatic carbocycles. The third-order valence-electron chi connectivity index (χ3n) is 7.47. The van der Waals surface area contributed by atoms with Gasteiger partial charge in [-0.25, -0.2) is 4.98 Å². The van der Waals surface area contributed by atoms with E-state index in [4.69, 9.17) is 11.4 Å². The average Bonchev–Trinajstić information content (AvgIpc) is 3.32. The fraction of sp³-hybridized carbons (Fsp3) is 0.467. The van der Waals surface area contributed by atoms with Gasteiger partial charge in [0.15, 0.2) is 5.82 Å². The summed E-state index contributed by atoms with van der Waals surface area (Å²) in [5, 5.41) is 7.77. The molecule has 4 rings (SSSR count). The molecule has 2 aromatic rings. The van der Waals surface area contributed by atoms with Crippen molar-refractivity contribution in [2.45, 2.75) is 65.2 Å². The monoisotopic (exact) mass is 454 g/mol. The summed E-state index contributed by atoms with van der Waals surface area (Å²) in [6.45, 7) is 15.6. The molecule has 1 N–H and O–H groups in total. The molecule has 1 saturated heterocycles. The zero-order chi connectivity index (χ0) is 24.2. The van der Waals surface area contributed by atoms with Gasteiger partial charge in [-0.15, -0.1) is 6.42 Å². The summed E-state index contributed by atoms with van der Waals surface area (Å²) in [6.07, 6.45) is 14.6. The summed E-state index contributed by atoms with van der Waals surface area (Å²) in [7, 11) is 0. The molecule has 0 saturated carbocycles. The standard InChI is InChI=1S/C30H38N4/c1-7-9-29-31-30(33-32-29)28-19-27(21(5)18-26(28)20(3)4)22(6)34-16-14-25(15-17-34)24-12-10-23(8-2)11-13-24/h2,10-13,18-20,25-26,28H,6-7,9,14-17H2,1,3-5H3,(H,31,32,33). The Kier molecular flexibility index (Phi) is 7.41. The van der Waals surface area contributed by atoms with E-state index in [1.165, 1.54) is 16.7 Å². The van der Waals surface area contributed by atoms with Crippen LogP contribution in [0.2, 0.25) is 0 Å². The van der Waals surface area contributed by atoms with Gasteiger partial charge in [-0.05, 0) is 72.8 Å². The van der Waals surface area contributed by atoms with Crippen molar-refractivity contribution in [1.29, 1.82) is 0 Å². The topological polar surface area (TPSA) is 44.8 Å². The van der Waals surface area contributed by atoms with Gasteiger partial charge < -0.3 is 4.90 Å². The van der Waals surface area contributed by atoms with Crippen molar-refractivity contribution in [1.82, 2.24) is 20.1 Å². The molecular weight excluding hydrogens is 416 g/mol. The number of piperidine rings is 1. The summed E-state index contributed by atoms with van der Waals surface area (Å²) in [5.41, 5.74) is 6.04. The van der Waals surface area contributed by atoms with E-state index >= 15 is 0 Å². The van der Waals surface area contributed by atoms with Gasteiger partial charge in [-0.2, -0.15) is 5.10 Å². The number of H-pyrrole nitrogens is 1. The van der Waals surface area contributed by atoms with Crippen LogP contribution in [0, 0.1) is 24.2 Å². The SMILES string of the molecule is C#Cc1ccc(C2CCN(C(=C)C3=CC(c4n[nH]c(CCC)n4)C(C(C)C)C=C3C)CC2)cc1. The van der Waals surface area contributed by atoms with Crippen molar-refractivity contribution in [3.8, 4) is 12.3 Å². The average molecular weight is 455 g/mol. The Morgan fingerprint density at radius 1 is 1.21 bits per heavy atom. The summed E-state index contributed by atoms with van der Waals surface area (Å²) in [6, 6.07) is 8.51. The highest BCUT2D eigenvalue weighted by Crippen LogP contribution is 2.41. The molecule has 178 valence electrons. The quantitative estimate of drug-likeness (QED) is 0.494. The molecule has 1 aliphatic heterocycles. The summed E-state index contributed by atoms with van der Waals surface area (Å²) in [4.78, 5) is 7.31.